The number of non-ortho nitro benzene ring substituents is 1. The van der Waals surface area contributed by atoms with Gasteiger partial charge in [0.2, 0.25) is 5.91 Å². The highest BCUT2D eigenvalue weighted by molar-refractivity contribution is 7.99. The maximum Gasteiger partial charge on any atom is 0.270 e. The first-order valence-electron chi connectivity index (χ1n) is 10.2. The van der Waals surface area contributed by atoms with E-state index in [1.54, 1.807) is 23.7 Å². The number of thioether (sulfide) groups is 1. The van der Waals surface area contributed by atoms with Gasteiger partial charge in [0.1, 0.15) is 0 Å². The van der Waals surface area contributed by atoms with Crippen molar-refractivity contribution in [3.8, 4) is 11.4 Å². The van der Waals surface area contributed by atoms with Gasteiger partial charge < -0.3 is 9.88 Å². The fraction of sp³-hybridized carbons (Fsp3) is 0.125. The first kappa shape index (κ1) is 22.2. The van der Waals surface area contributed by atoms with Crippen LogP contribution in [-0.2, 0) is 11.8 Å². The molecule has 0 atom stereocenters. The number of amides is 1. The number of nitrogens with zero attached hydrogens (tertiary/aromatic N) is 4. The van der Waals surface area contributed by atoms with Crippen LogP contribution in [0.1, 0.15) is 17.2 Å². The minimum Gasteiger partial charge on any atom is -0.344 e. The summed E-state index contributed by atoms with van der Waals surface area (Å²) in [6.45, 7) is 0. The van der Waals surface area contributed by atoms with Gasteiger partial charge in [0.15, 0.2) is 11.0 Å². The Morgan fingerprint density at radius 2 is 1.64 bits per heavy atom. The van der Waals surface area contributed by atoms with Crippen molar-refractivity contribution >= 4 is 23.4 Å². The second kappa shape index (κ2) is 10.1. The molecule has 4 rings (SSSR count). The predicted molar refractivity (Wildman–Crippen MR) is 127 cm³/mol. The molecule has 0 bridgehead atoms. The largest absolute Gasteiger partial charge is 0.344 e. The van der Waals surface area contributed by atoms with Gasteiger partial charge >= 0.3 is 0 Å². The fourth-order valence-corrected chi connectivity index (χ4v) is 4.16. The molecule has 1 amide bonds. The Labute approximate surface area is 194 Å². The average Bonchev–Trinajstić information content (AvgIpc) is 3.22. The van der Waals surface area contributed by atoms with Crippen molar-refractivity contribution in [1.82, 2.24) is 20.1 Å². The molecule has 0 radical (unpaired) electrons. The molecule has 0 fully saturated rings. The minimum atomic E-state index is -0.449. The summed E-state index contributed by atoms with van der Waals surface area (Å²) in [4.78, 5) is 23.4. The van der Waals surface area contributed by atoms with Crippen LogP contribution in [0.25, 0.3) is 11.4 Å². The zero-order chi connectivity index (χ0) is 23.2. The van der Waals surface area contributed by atoms with E-state index in [1.807, 2.05) is 60.7 Å². The van der Waals surface area contributed by atoms with Crippen molar-refractivity contribution in [3.05, 3.63) is 106 Å². The first-order chi connectivity index (χ1) is 16.0. The van der Waals surface area contributed by atoms with Gasteiger partial charge in [-0.25, -0.2) is 0 Å². The van der Waals surface area contributed by atoms with E-state index in [0.29, 0.717) is 16.5 Å². The first-order valence-corrected chi connectivity index (χ1v) is 11.2. The Kier molecular flexibility index (Phi) is 6.80. The molecule has 3 aromatic carbocycles. The highest BCUT2D eigenvalue weighted by Crippen LogP contribution is 2.26. The third-order valence-corrected chi connectivity index (χ3v) is 6.07. The SMILES string of the molecule is Cn1c(SCC(=O)NC(c2ccccc2)c2ccccc2)nnc1-c1cccc([N+](=O)[O-])c1. The van der Waals surface area contributed by atoms with Gasteiger partial charge in [-0.15, -0.1) is 10.2 Å². The fourth-order valence-electron chi connectivity index (χ4n) is 3.43. The molecule has 0 aliphatic carbocycles. The summed E-state index contributed by atoms with van der Waals surface area (Å²) < 4.78 is 1.73. The molecule has 0 spiro atoms. The van der Waals surface area contributed by atoms with E-state index in [0.717, 1.165) is 11.1 Å². The maximum absolute atomic E-state index is 12.8. The molecular formula is C24H21N5O3S. The standard InChI is InChI=1S/C24H21N5O3S/c1-28-23(19-13-8-14-20(15-19)29(31)32)26-27-24(28)33-16-21(30)25-22(17-9-4-2-5-10-17)18-11-6-3-7-12-18/h2-15,22H,16H2,1H3,(H,25,30). The number of carbonyl (C=O) groups is 1. The second-order valence-corrected chi connectivity index (χ2v) is 8.23. The van der Waals surface area contributed by atoms with Crippen LogP contribution in [0.2, 0.25) is 0 Å². The zero-order valence-corrected chi connectivity index (χ0v) is 18.6. The van der Waals surface area contributed by atoms with Gasteiger partial charge in [-0.3, -0.25) is 14.9 Å². The van der Waals surface area contributed by atoms with E-state index in [1.165, 1.54) is 23.9 Å². The van der Waals surface area contributed by atoms with Crippen LogP contribution < -0.4 is 5.32 Å². The van der Waals surface area contributed by atoms with Crippen LogP contribution >= 0.6 is 11.8 Å². The number of nitro groups is 1. The number of carbonyl (C=O) groups excluding carboxylic acids is 1. The van der Waals surface area contributed by atoms with E-state index >= 15 is 0 Å². The number of benzene rings is 3. The van der Waals surface area contributed by atoms with Gasteiger partial charge in [-0.05, 0) is 11.1 Å². The highest BCUT2D eigenvalue weighted by Gasteiger charge is 2.19. The summed E-state index contributed by atoms with van der Waals surface area (Å²) in [7, 11) is 1.77. The summed E-state index contributed by atoms with van der Waals surface area (Å²) in [6.07, 6.45) is 0. The number of nitro benzene ring substituents is 1. The summed E-state index contributed by atoms with van der Waals surface area (Å²) in [6, 6.07) is 25.6. The third-order valence-electron chi connectivity index (χ3n) is 5.05. The van der Waals surface area contributed by atoms with E-state index in [9.17, 15) is 14.9 Å². The molecule has 1 N–H and O–H groups in total. The van der Waals surface area contributed by atoms with E-state index in [4.69, 9.17) is 0 Å². The number of nitrogens with one attached hydrogen (secondary N) is 1. The second-order valence-electron chi connectivity index (χ2n) is 7.28. The number of hydrogen-bond acceptors (Lipinski definition) is 6. The topological polar surface area (TPSA) is 103 Å². The Bertz CT molecular complexity index is 1220. The van der Waals surface area contributed by atoms with Crippen LogP contribution in [0.4, 0.5) is 5.69 Å². The smallest absolute Gasteiger partial charge is 0.270 e. The van der Waals surface area contributed by atoms with E-state index in [2.05, 4.69) is 15.5 Å². The molecule has 0 aliphatic heterocycles. The molecule has 33 heavy (non-hydrogen) atoms. The Morgan fingerprint density at radius 1 is 1.00 bits per heavy atom. The summed E-state index contributed by atoms with van der Waals surface area (Å²) in [5, 5.41) is 23.0. The van der Waals surface area contributed by atoms with Gasteiger partial charge in [0.05, 0.1) is 16.7 Å². The average molecular weight is 460 g/mol. The molecule has 0 unspecified atom stereocenters. The minimum absolute atomic E-state index is 0.0167. The quantitative estimate of drug-likeness (QED) is 0.238. The Morgan fingerprint density at radius 3 is 2.24 bits per heavy atom. The molecule has 1 aromatic heterocycles. The Hall–Kier alpha value is -3.98. The summed E-state index contributed by atoms with van der Waals surface area (Å²) >= 11 is 1.26. The van der Waals surface area contributed by atoms with Crippen molar-refractivity contribution in [2.45, 2.75) is 11.2 Å². The van der Waals surface area contributed by atoms with Gasteiger partial charge in [0, 0.05) is 24.7 Å². The molecule has 9 heteroatoms. The van der Waals surface area contributed by atoms with Crippen molar-refractivity contribution < 1.29 is 9.72 Å². The molecule has 0 saturated heterocycles. The Balaban J connectivity index is 1.46. The van der Waals surface area contributed by atoms with Crippen molar-refractivity contribution in [1.29, 1.82) is 0 Å². The summed E-state index contributed by atoms with van der Waals surface area (Å²) in [5.41, 5.74) is 2.56. The third kappa shape index (κ3) is 5.27. The van der Waals surface area contributed by atoms with Gasteiger partial charge in [0.25, 0.3) is 5.69 Å². The van der Waals surface area contributed by atoms with Crippen LogP contribution in [0.3, 0.4) is 0 Å². The lowest BCUT2D eigenvalue weighted by atomic mass is 9.99. The lowest BCUT2D eigenvalue weighted by molar-refractivity contribution is -0.384. The molecule has 8 nitrogen and oxygen atoms in total. The normalized spacial score (nSPS) is 10.8. The highest BCUT2D eigenvalue weighted by atomic mass is 32.2. The van der Waals surface area contributed by atoms with Crippen LogP contribution in [-0.4, -0.2) is 31.3 Å². The van der Waals surface area contributed by atoms with Crippen LogP contribution in [0.15, 0.2) is 90.1 Å². The van der Waals surface area contributed by atoms with Gasteiger partial charge in [-0.1, -0.05) is 84.6 Å². The van der Waals surface area contributed by atoms with Crippen LogP contribution in [0.5, 0.6) is 0 Å². The van der Waals surface area contributed by atoms with E-state index < -0.39 is 4.92 Å². The number of aromatic nitrogens is 3. The molecule has 4 aromatic rings. The zero-order valence-electron chi connectivity index (χ0n) is 17.8. The van der Waals surface area contributed by atoms with Crippen molar-refractivity contribution in [3.63, 3.8) is 0 Å². The molecule has 1 heterocycles. The monoisotopic (exact) mass is 459 g/mol. The molecular weight excluding hydrogens is 438 g/mol. The molecule has 166 valence electrons. The van der Waals surface area contributed by atoms with Crippen molar-refractivity contribution in [2.75, 3.05) is 5.75 Å². The maximum atomic E-state index is 12.8. The lowest BCUT2D eigenvalue weighted by Crippen LogP contribution is -2.30. The number of hydrogen-bond donors (Lipinski definition) is 1. The lowest BCUT2D eigenvalue weighted by Gasteiger charge is -2.19. The van der Waals surface area contributed by atoms with Crippen molar-refractivity contribution in [2.24, 2.45) is 7.05 Å². The number of rotatable bonds is 8. The van der Waals surface area contributed by atoms with Crippen LogP contribution in [0, 0.1) is 10.1 Å². The summed E-state index contributed by atoms with van der Waals surface area (Å²) in [5.74, 6) is 0.502. The van der Waals surface area contributed by atoms with E-state index in [-0.39, 0.29) is 23.4 Å². The van der Waals surface area contributed by atoms with Gasteiger partial charge in [-0.2, -0.15) is 0 Å². The molecule has 0 aliphatic rings. The predicted octanol–water partition coefficient (Wildman–Crippen LogP) is 4.39. The molecule has 0 saturated carbocycles.